The van der Waals surface area contributed by atoms with E-state index < -0.39 is 47.6 Å². The van der Waals surface area contributed by atoms with E-state index >= 15 is 0 Å². The summed E-state index contributed by atoms with van der Waals surface area (Å²) < 4.78 is 12.2. The van der Waals surface area contributed by atoms with Crippen LogP contribution in [-0.4, -0.2) is 82.7 Å². The third kappa shape index (κ3) is 8.43. The maximum absolute atomic E-state index is 14.4. The Bertz CT molecular complexity index is 1890. The molecule has 5 atom stereocenters. The summed E-state index contributed by atoms with van der Waals surface area (Å²) in [6.07, 6.45) is 11.7. The van der Waals surface area contributed by atoms with Crippen molar-refractivity contribution in [3.05, 3.63) is 67.3 Å². The largest absolute Gasteiger partial charge is 0.497 e. The summed E-state index contributed by atoms with van der Waals surface area (Å²) in [6.45, 7) is 4.37. The first-order valence-electron chi connectivity index (χ1n) is 19.9. The van der Waals surface area contributed by atoms with Crippen molar-refractivity contribution < 1.29 is 33.8 Å². The van der Waals surface area contributed by atoms with Crippen LogP contribution < -0.4 is 25.4 Å². The summed E-state index contributed by atoms with van der Waals surface area (Å²) in [7, 11) is 1.59. The molecule has 3 aromatic rings. The van der Waals surface area contributed by atoms with Crippen LogP contribution in [0.3, 0.4) is 0 Å². The zero-order valence-corrected chi connectivity index (χ0v) is 31.6. The maximum atomic E-state index is 14.4. The maximum Gasteiger partial charge on any atom is 0.330 e. The second-order valence-electron chi connectivity index (χ2n) is 15.8. The van der Waals surface area contributed by atoms with E-state index in [-0.39, 0.29) is 31.2 Å². The highest BCUT2D eigenvalue weighted by Crippen LogP contribution is 2.45. The van der Waals surface area contributed by atoms with E-state index in [2.05, 4.69) is 22.5 Å². The second kappa shape index (κ2) is 16.7. The van der Waals surface area contributed by atoms with E-state index in [0.29, 0.717) is 35.2 Å². The first-order valence-corrected chi connectivity index (χ1v) is 19.9. The number of nitrogens with one attached hydrogen (secondary N) is 3. The Balaban J connectivity index is 1.16. The molecule has 12 heteroatoms. The quantitative estimate of drug-likeness (QED) is 0.150. The minimum absolute atomic E-state index is 0.0299. The molecule has 2 aromatic carbocycles. The normalized spacial score (nSPS) is 24.7. The molecule has 0 unspecified atom stereocenters. The summed E-state index contributed by atoms with van der Waals surface area (Å²) in [4.78, 5) is 61.1. The fourth-order valence-electron chi connectivity index (χ4n) is 8.84. The molecule has 3 aliphatic carbocycles. The molecule has 1 aliphatic heterocycles. The fraction of sp³-hybridized carbons (Fsp3) is 0.512. The van der Waals surface area contributed by atoms with Crippen molar-refractivity contribution in [1.29, 1.82) is 0 Å². The number of nitrogens with zero attached hydrogens (tertiary/aromatic N) is 2. The number of pyridine rings is 1. The zero-order valence-electron chi connectivity index (χ0n) is 31.6. The summed E-state index contributed by atoms with van der Waals surface area (Å²) >= 11 is 0. The molecule has 12 nitrogen and oxygen atoms in total. The molecule has 4 fully saturated rings. The minimum atomic E-state index is -1.48. The molecule has 0 spiro atoms. The molecule has 0 radical (unpaired) electrons. The van der Waals surface area contributed by atoms with Crippen LogP contribution in [0.4, 0.5) is 4.79 Å². The Kier molecular flexibility index (Phi) is 11.6. The van der Waals surface area contributed by atoms with E-state index in [4.69, 9.17) is 14.5 Å². The highest BCUT2D eigenvalue weighted by Gasteiger charge is 2.61. The van der Waals surface area contributed by atoms with E-state index in [0.717, 1.165) is 55.9 Å². The lowest BCUT2D eigenvalue weighted by atomic mass is 9.83. The molecule has 4 aliphatic rings. The number of likely N-dealkylation sites (tertiary alicyclic amines) is 1. The predicted molar refractivity (Wildman–Crippen MR) is 209 cm³/mol. The minimum Gasteiger partial charge on any atom is -0.497 e. The molecule has 0 bridgehead atoms. The summed E-state index contributed by atoms with van der Waals surface area (Å²) in [5.74, 6) is -0.788. The van der Waals surface area contributed by atoms with Crippen LogP contribution in [0.15, 0.2) is 67.3 Å². The lowest BCUT2D eigenvalue weighted by Crippen LogP contribution is -2.58. The van der Waals surface area contributed by atoms with Gasteiger partial charge in [-0.2, -0.15) is 0 Å². The first-order chi connectivity index (χ1) is 26.7. The monoisotopic (exact) mass is 751 g/mol. The fourth-order valence-corrected chi connectivity index (χ4v) is 8.84. The van der Waals surface area contributed by atoms with Gasteiger partial charge in [-0.15, -0.1) is 6.58 Å². The van der Waals surface area contributed by atoms with Crippen molar-refractivity contribution in [1.82, 2.24) is 25.8 Å². The van der Waals surface area contributed by atoms with Gasteiger partial charge in [-0.25, -0.2) is 14.6 Å². The molecule has 4 amide bonds. The van der Waals surface area contributed by atoms with Crippen molar-refractivity contribution in [2.75, 3.05) is 20.2 Å². The van der Waals surface area contributed by atoms with Crippen LogP contribution in [-0.2, 0) is 14.4 Å². The van der Waals surface area contributed by atoms with Crippen LogP contribution in [0, 0.1) is 17.8 Å². The third-order valence-electron chi connectivity index (χ3n) is 12.2. The van der Waals surface area contributed by atoms with Gasteiger partial charge in [-0.05, 0) is 56.1 Å². The van der Waals surface area contributed by atoms with Gasteiger partial charge in [0.05, 0.1) is 24.9 Å². The Labute approximate surface area is 322 Å². The number of hydrogen-bond acceptors (Lipinski definition) is 7. The number of rotatable bonds is 13. The van der Waals surface area contributed by atoms with Gasteiger partial charge in [0.1, 0.15) is 35.2 Å². The molecular formula is C43H53N5O7. The van der Waals surface area contributed by atoms with Gasteiger partial charge in [0.15, 0.2) is 0 Å². The third-order valence-corrected chi connectivity index (χ3v) is 12.2. The van der Waals surface area contributed by atoms with E-state index in [1.165, 1.54) is 30.2 Å². The number of carboxylic acid groups (broad SMARTS) is 1. The van der Waals surface area contributed by atoms with E-state index in [9.17, 15) is 24.3 Å². The van der Waals surface area contributed by atoms with Crippen LogP contribution >= 0.6 is 0 Å². The Hall–Kier alpha value is -5.13. The lowest BCUT2D eigenvalue weighted by Gasteiger charge is -2.33. The SMILES string of the molecule is C=C[C@@H]1C[C@]1(NC(=O)[C@@H]1C[C@@H](Oc2cc(-c3ccccc3)nc3cc(OC)ccc23)CN1C(=O)N[C@H](C(=O)NCC1CCCCC1)C1CCCCC1)C(=O)O. The van der Waals surface area contributed by atoms with Gasteiger partial charge in [0.25, 0.3) is 0 Å². The van der Waals surface area contributed by atoms with Crippen molar-refractivity contribution >= 4 is 34.7 Å². The van der Waals surface area contributed by atoms with Crippen LogP contribution in [0.25, 0.3) is 22.2 Å². The number of amides is 4. The molecule has 1 saturated heterocycles. The molecule has 3 saturated carbocycles. The number of methoxy groups -OCH3 is 1. The molecule has 1 aromatic heterocycles. The van der Waals surface area contributed by atoms with Gasteiger partial charge < -0.3 is 35.4 Å². The average Bonchev–Trinajstić information content (AvgIpc) is 3.78. The number of carbonyl (C=O) groups excluding carboxylic acids is 3. The smallest absolute Gasteiger partial charge is 0.330 e. The van der Waals surface area contributed by atoms with Crippen molar-refractivity contribution in [3.63, 3.8) is 0 Å². The average molecular weight is 752 g/mol. The molecular weight excluding hydrogens is 699 g/mol. The van der Waals surface area contributed by atoms with Gasteiger partial charge in [0, 0.05) is 42.0 Å². The first kappa shape index (κ1) is 38.2. The van der Waals surface area contributed by atoms with Gasteiger partial charge in [-0.1, -0.05) is 74.9 Å². The number of aromatic nitrogens is 1. The number of ether oxygens (including phenoxy) is 2. The molecule has 2 heterocycles. The number of fused-ring (bicyclic) bond motifs is 1. The second-order valence-corrected chi connectivity index (χ2v) is 15.8. The van der Waals surface area contributed by atoms with Crippen molar-refractivity contribution in [2.45, 2.75) is 101 Å². The molecule has 7 rings (SSSR count). The summed E-state index contributed by atoms with van der Waals surface area (Å²) in [5.41, 5.74) is 0.742. The molecule has 4 N–H and O–H groups in total. The summed E-state index contributed by atoms with van der Waals surface area (Å²) in [5, 5.41) is 19.8. The number of hydrogen-bond donors (Lipinski definition) is 4. The molecule has 55 heavy (non-hydrogen) atoms. The topological polar surface area (TPSA) is 159 Å². The number of carboxylic acids is 1. The van der Waals surface area contributed by atoms with Gasteiger partial charge in [0.2, 0.25) is 11.8 Å². The van der Waals surface area contributed by atoms with Crippen molar-refractivity contribution in [3.8, 4) is 22.8 Å². The lowest BCUT2D eigenvalue weighted by molar-refractivity contribution is -0.144. The predicted octanol–water partition coefficient (Wildman–Crippen LogP) is 6.23. The standard InChI is InChI=1S/C43H53N5O7/c1-3-30-24-43(30,41(51)52)47-39(49)36-22-32(55-37-23-34(28-15-9-5-10-16-28)45-35-21-31(54-2)19-20-33(35)37)26-48(36)42(53)46-38(29-17-11-6-12-18-29)40(50)44-25-27-13-7-4-8-14-27/h3,5,9-10,15-16,19-21,23,27,29-30,32,36,38H,1,4,6-8,11-14,17-18,22,24-26H2,2H3,(H,44,50)(H,46,53)(H,47,49)(H,51,52)/t30-,32-,36+,38+,43-/m1/s1. The highest BCUT2D eigenvalue weighted by molar-refractivity contribution is 5.95. The number of urea groups is 1. The van der Waals surface area contributed by atoms with E-state index in [1.54, 1.807) is 7.11 Å². The van der Waals surface area contributed by atoms with Gasteiger partial charge >= 0.3 is 12.0 Å². The van der Waals surface area contributed by atoms with Gasteiger partial charge in [-0.3, -0.25) is 9.59 Å². The van der Waals surface area contributed by atoms with E-state index in [1.807, 2.05) is 54.6 Å². The number of benzene rings is 2. The van der Waals surface area contributed by atoms with Crippen LogP contribution in [0.2, 0.25) is 0 Å². The number of carbonyl (C=O) groups is 4. The number of aliphatic carboxylic acids is 1. The van der Waals surface area contributed by atoms with Crippen molar-refractivity contribution in [2.24, 2.45) is 17.8 Å². The Morgan fingerprint density at radius 3 is 2.40 bits per heavy atom. The highest BCUT2D eigenvalue weighted by atomic mass is 16.5. The summed E-state index contributed by atoms with van der Waals surface area (Å²) in [6, 6.07) is 14.7. The van der Waals surface area contributed by atoms with Crippen LogP contribution in [0.1, 0.15) is 77.0 Å². The Morgan fingerprint density at radius 1 is 1.00 bits per heavy atom. The molecule has 292 valence electrons. The Morgan fingerprint density at radius 2 is 1.73 bits per heavy atom. The zero-order chi connectivity index (χ0) is 38.5. The van der Waals surface area contributed by atoms with Crippen LogP contribution in [0.5, 0.6) is 11.5 Å².